The van der Waals surface area contributed by atoms with Gasteiger partial charge in [-0.15, -0.1) is 0 Å². The number of benzene rings is 1. The number of hydrogen-bond acceptors (Lipinski definition) is 4. The standard InChI is InChI=1S/C24H20BN3O2/c1-14-11-12-20(26-15(14)2)24(30)18-13-28(16(3)19-8-6-10-22(25)27-19)21-9-5-4-7-17(21)23(18)29/h4-13,16H,1-3H3/t16-/m0/s1. The molecule has 0 spiro atoms. The first-order valence-corrected chi connectivity index (χ1v) is 9.72. The highest BCUT2D eigenvalue weighted by molar-refractivity contribution is 6.30. The van der Waals surface area contributed by atoms with Crippen molar-refractivity contribution in [2.75, 3.05) is 0 Å². The Morgan fingerprint density at radius 1 is 1.00 bits per heavy atom. The van der Waals surface area contributed by atoms with Crippen LogP contribution < -0.4 is 11.0 Å². The third kappa shape index (κ3) is 3.45. The smallest absolute Gasteiger partial charge is 0.216 e. The van der Waals surface area contributed by atoms with E-state index >= 15 is 0 Å². The predicted molar refractivity (Wildman–Crippen MR) is 119 cm³/mol. The van der Waals surface area contributed by atoms with Gasteiger partial charge in [0.25, 0.3) is 0 Å². The minimum atomic E-state index is -0.393. The monoisotopic (exact) mass is 393 g/mol. The maximum Gasteiger partial charge on any atom is 0.216 e. The van der Waals surface area contributed by atoms with Gasteiger partial charge in [-0.3, -0.25) is 14.6 Å². The SMILES string of the molecule is [B]c1cccc([C@H](C)n2cc(C(=O)c3ccc(C)c(C)n3)c(=O)c3ccccc32)n1. The summed E-state index contributed by atoms with van der Waals surface area (Å²) in [7, 11) is 5.86. The molecule has 0 bridgehead atoms. The number of para-hydroxylation sites is 1. The van der Waals surface area contributed by atoms with Crippen LogP contribution in [0.4, 0.5) is 0 Å². The molecule has 0 aliphatic rings. The van der Waals surface area contributed by atoms with E-state index in [0.29, 0.717) is 11.0 Å². The Hall–Kier alpha value is -3.54. The Labute approximate surface area is 175 Å². The van der Waals surface area contributed by atoms with Crippen LogP contribution >= 0.6 is 0 Å². The van der Waals surface area contributed by atoms with E-state index in [0.717, 1.165) is 22.5 Å². The second-order valence-corrected chi connectivity index (χ2v) is 7.39. The van der Waals surface area contributed by atoms with Gasteiger partial charge in [-0.2, -0.15) is 0 Å². The van der Waals surface area contributed by atoms with Crippen molar-refractivity contribution in [3.8, 4) is 0 Å². The van der Waals surface area contributed by atoms with E-state index in [4.69, 9.17) is 7.85 Å². The van der Waals surface area contributed by atoms with Crippen molar-refractivity contribution in [2.45, 2.75) is 26.8 Å². The van der Waals surface area contributed by atoms with Crippen LogP contribution in [-0.4, -0.2) is 28.2 Å². The quantitative estimate of drug-likeness (QED) is 0.395. The fourth-order valence-corrected chi connectivity index (χ4v) is 3.52. The van der Waals surface area contributed by atoms with E-state index in [2.05, 4.69) is 9.97 Å². The van der Waals surface area contributed by atoms with Crippen molar-refractivity contribution in [3.63, 3.8) is 0 Å². The number of aryl methyl sites for hydroxylation is 2. The number of aromatic nitrogens is 3. The van der Waals surface area contributed by atoms with Crippen LogP contribution in [0, 0.1) is 13.8 Å². The Kier molecular flexibility index (Phi) is 5.08. The minimum Gasteiger partial charge on any atom is -0.338 e. The number of carbonyl (C=O) groups is 1. The highest BCUT2D eigenvalue weighted by atomic mass is 16.1. The number of hydrogen-bond donors (Lipinski definition) is 0. The normalized spacial score (nSPS) is 12.1. The van der Waals surface area contributed by atoms with Gasteiger partial charge in [0.2, 0.25) is 11.2 Å². The maximum absolute atomic E-state index is 13.2. The summed E-state index contributed by atoms with van der Waals surface area (Å²) >= 11 is 0. The molecule has 0 saturated carbocycles. The van der Waals surface area contributed by atoms with Gasteiger partial charge in [0.05, 0.1) is 22.8 Å². The molecule has 4 rings (SSSR count). The molecule has 3 aromatic heterocycles. The van der Waals surface area contributed by atoms with Crippen LogP contribution in [0.2, 0.25) is 0 Å². The van der Waals surface area contributed by atoms with E-state index in [1.807, 2.05) is 55.7 Å². The zero-order valence-corrected chi connectivity index (χ0v) is 17.1. The van der Waals surface area contributed by atoms with Crippen LogP contribution in [0.1, 0.15) is 46.0 Å². The first-order chi connectivity index (χ1) is 14.4. The molecular formula is C24H20BN3O2. The Bertz CT molecular complexity index is 1340. The molecule has 0 aliphatic heterocycles. The zero-order valence-electron chi connectivity index (χ0n) is 17.1. The molecule has 1 atom stereocenters. The number of ketones is 1. The van der Waals surface area contributed by atoms with Crippen LogP contribution in [0.3, 0.4) is 0 Å². The summed E-state index contributed by atoms with van der Waals surface area (Å²) in [5.74, 6) is -0.393. The fourth-order valence-electron chi connectivity index (χ4n) is 3.52. The van der Waals surface area contributed by atoms with Crippen LogP contribution in [0.25, 0.3) is 10.9 Å². The van der Waals surface area contributed by atoms with Gasteiger partial charge < -0.3 is 4.57 Å². The molecule has 3 heterocycles. The molecule has 2 radical (unpaired) electrons. The number of carbonyl (C=O) groups excluding carboxylic acids is 1. The summed E-state index contributed by atoms with van der Waals surface area (Å²) in [6.45, 7) is 5.74. The van der Waals surface area contributed by atoms with Gasteiger partial charge in [0, 0.05) is 17.3 Å². The lowest BCUT2D eigenvalue weighted by molar-refractivity contribution is 0.103. The Balaban J connectivity index is 1.93. The molecule has 0 N–H and O–H groups in total. The zero-order chi connectivity index (χ0) is 21.4. The fraction of sp³-hybridized carbons (Fsp3) is 0.167. The molecular weight excluding hydrogens is 373 g/mol. The third-order valence-electron chi connectivity index (χ3n) is 5.40. The number of rotatable bonds is 4. The highest BCUT2D eigenvalue weighted by Gasteiger charge is 2.21. The van der Waals surface area contributed by atoms with Crippen LogP contribution in [0.15, 0.2) is 65.6 Å². The van der Waals surface area contributed by atoms with Gasteiger partial charge in [0.1, 0.15) is 13.5 Å². The van der Waals surface area contributed by atoms with Gasteiger partial charge >= 0.3 is 0 Å². The summed E-state index contributed by atoms with van der Waals surface area (Å²) < 4.78 is 1.90. The summed E-state index contributed by atoms with van der Waals surface area (Å²) in [6, 6.07) is 16.0. The largest absolute Gasteiger partial charge is 0.338 e. The van der Waals surface area contributed by atoms with E-state index in [9.17, 15) is 9.59 Å². The van der Waals surface area contributed by atoms with Gasteiger partial charge in [-0.05, 0) is 56.2 Å². The molecule has 146 valence electrons. The molecule has 1 aromatic carbocycles. The molecule has 0 unspecified atom stereocenters. The molecule has 0 amide bonds. The number of nitrogens with zero attached hydrogens (tertiary/aromatic N) is 3. The lowest BCUT2D eigenvalue weighted by Gasteiger charge is -2.20. The molecule has 30 heavy (non-hydrogen) atoms. The average Bonchev–Trinajstić information content (AvgIpc) is 2.75. The lowest BCUT2D eigenvalue weighted by Crippen LogP contribution is -2.23. The van der Waals surface area contributed by atoms with E-state index in [-0.39, 0.29) is 22.7 Å². The lowest BCUT2D eigenvalue weighted by atomic mass is 10.0. The van der Waals surface area contributed by atoms with E-state index in [1.54, 1.807) is 30.5 Å². The summed E-state index contributed by atoms with van der Waals surface area (Å²) in [5.41, 5.74) is 3.67. The van der Waals surface area contributed by atoms with E-state index < -0.39 is 5.78 Å². The summed E-state index contributed by atoms with van der Waals surface area (Å²) in [5, 5.41) is 0.475. The van der Waals surface area contributed by atoms with E-state index in [1.165, 1.54) is 0 Å². The average molecular weight is 393 g/mol. The number of fused-ring (bicyclic) bond motifs is 1. The highest BCUT2D eigenvalue weighted by Crippen LogP contribution is 2.22. The molecule has 0 saturated heterocycles. The van der Waals surface area contributed by atoms with Crippen molar-refractivity contribution < 1.29 is 4.79 Å². The number of pyridine rings is 3. The molecule has 5 nitrogen and oxygen atoms in total. The second-order valence-electron chi connectivity index (χ2n) is 7.39. The topological polar surface area (TPSA) is 64.8 Å². The van der Waals surface area contributed by atoms with Crippen LogP contribution in [-0.2, 0) is 0 Å². The first kappa shape index (κ1) is 19.8. The summed E-state index contributed by atoms with van der Waals surface area (Å²) in [6.07, 6.45) is 1.61. The minimum absolute atomic E-state index is 0.0835. The summed E-state index contributed by atoms with van der Waals surface area (Å²) in [4.78, 5) is 35.2. The van der Waals surface area contributed by atoms with Crippen molar-refractivity contribution >= 4 is 30.1 Å². The van der Waals surface area contributed by atoms with Gasteiger partial charge in [-0.1, -0.05) is 30.3 Å². The Morgan fingerprint density at radius 2 is 1.77 bits per heavy atom. The molecule has 6 heteroatoms. The molecule has 4 aromatic rings. The van der Waals surface area contributed by atoms with Gasteiger partial charge in [0.15, 0.2) is 0 Å². The molecule has 0 fully saturated rings. The van der Waals surface area contributed by atoms with Crippen LogP contribution in [0.5, 0.6) is 0 Å². The van der Waals surface area contributed by atoms with Crippen molar-refractivity contribution in [1.82, 2.24) is 14.5 Å². The Morgan fingerprint density at radius 3 is 2.50 bits per heavy atom. The van der Waals surface area contributed by atoms with Crippen molar-refractivity contribution in [3.05, 3.63) is 99.2 Å². The van der Waals surface area contributed by atoms with Crippen molar-refractivity contribution in [2.24, 2.45) is 0 Å². The molecule has 0 aliphatic carbocycles. The second kappa shape index (κ2) is 7.71. The third-order valence-corrected chi connectivity index (χ3v) is 5.40. The predicted octanol–water partition coefficient (Wildman–Crippen LogP) is 3.04. The first-order valence-electron chi connectivity index (χ1n) is 9.72. The maximum atomic E-state index is 13.2. The van der Waals surface area contributed by atoms with Gasteiger partial charge in [-0.25, -0.2) is 4.98 Å². The van der Waals surface area contributed by atoms with Crippen molar-refractivity contribution in [1.29, 1.82) is 0 Å².